The number of halogens is 2. The number of methoxy groups -OCH3 is 1. The Morgan fingerprint density at radius 2 is 1.72 bits per heavy atom. The number of amides is 1. The van der Waals surface area contributed by atoms with Gasteiger partial charge in [-0.2, -0.15) is 0 Å². The minimum atomic E-state index is -0.698. The summed E-state index contributed by atoms with van der Waals surface area (Å²) in [6.07, 6.45) is 0. The molecule has 1 amide bonds. The maximum absolute atomic E-state index is 15.0. The molecular weight excluding hydrogens is 668 g/mol. The lowest BCUT2D eigenvalue weighted by Crippen LogP contribution is -2.41. The van der Waals surface area contributed by atoms with Gasteiger partial charge in [-0.1, -0.05) is 18.2 Å². The molecule has 0 aliphatic rings. The topological polar surface area (TPSA) is 116 Å². The average Bonchev–Trinajstić information content (AvgIpc) is 2.97. The van der Waals surface area contributed by atoms with Gasteiger partial charge < -0.3 is 15.4 Å². The van der Waals surface area contributed by atoms with E-state index in [4.69, 9.17) is 4.74 Å². The average molecular weight is 695 g/mol. The number of aromatic nitrogens is 3. The van der Waals surface area contributed by atoms with Gasteiger partial charge in [0.2, 0.25) is 5.91 Å². The molecule has 0 radical (unpaired) electrons. The van der Waals surface area contributed by atoms with Gasteiger partial charge in [0.15, 0.2) is 0 Å². The molecule has 5 aromatic rings. The molecule has 3 aromatic carbocycles. The largest absolute Gasteiger partial charge is 0.497 e. The molecule has 0 fully saturated rings. The Bertz CT molecular complexity index is 2080. The van der Waals surface area contributed by atoms with Crippen LogP contribution in [0.4, 0.5) is 21.6 Å². The summed E-state index contributed by atoms with van der Waals surface area (Å²) >= 11 is 1.98. The van der Waals surface area contributed by atoms with Gasteiger partial charge in [-0.25, -0.2) is 9.18 Å². The normalized spacial score (nSPS) is 11.0. The molecule has 2 N–H and O–H groups in total. The number of fused-ring (bicyclic) bond motifs is 1. The Morgan fingerprint density at radius 1 is 1.00 bits per heavy atom. The number of aryl methyl sites for hydroxylation is 1. The maximum Gasteiger partial charge on any atom is 0.336 e. The van der Waals surface area contributed by atoms with E-state index in [-0.39, 0.29) is 40.4 Å². The number of nitrogens with one attached hydrogen (secondary N) is 2. The van der Waals surface area contributed by atoms with Crippen molar-refractivity contribution < 1.29 is 13.9 Å². The quantitative estimate of drug-likeness (QED) is 0.240. The van der Waals surface area contributed by atoms with E-state index in [1.54, 1.807) is 54.6 Å². The number of rotatable bonds is 7. The molecule has 2 aromatic heterocycles. The molecule has 10 nitrogen and oxygen atoms in total. The Labute approximate surface area is 258 Å². The lowest BCUT2D eigenvalue weighted by molar-refractivity contribution is -0.114. The van der Waals surface area contributed by atoms with Crippen molar-refractivity contribution in [1.82, 2.24) is 13.7 Å². The fourth-order valence-corrected chi connectivity index (χ4v) is 5.38. The summed E-state index contributed by atoms with van der Waals surface area (Å²) in [4.78, 5) is 53.8. The lowest BCUT2D eigenvalue weighted by Gasteiger charge is -2.21. The van der Waals surface area contributed by atoms with Crippen LogP contribution >= 0.6 is 22.6 Å². The number of nitrogens with zero attached hydrogens (tertiary/aromatic N) is 3. The van der Waals surface area contributed by atoms with Crippen LogP contribution in [0.15, 0.2) is 81.1 Å². The lowest BCUT2D eigenvalue weighted by atomic mass is 10.1. The first-order valence-electron chi connectivity index (χ1n) is 13.1. The summed E-state index contributed by atoms with van der Waals surface area (Å²) < 4.78 is 24.5. The van der Waals surface area contributed by atoms with Crippen LogP contribution in [0.3, 0.4) is 0 Å². The number of carbonyl (C=O) groups excluding carboxylic acids is 1. The van der Waals surface area contributed by atoms with Crippen molar-refractivity contribution in [2.75, 3.05) is 17.7 Å². The van der Waals surface area contributed by atoms with Crippen molar-refractivity contribution in [2.24, 2.45) is 7.05 Å². The second kappa shape index (κ2) is 11.9. The number of pyridine rings is 1. The first-order chi connectivity index (χ1) is 20.5. The van der Waals surface area contributed by atoms with Crippen molar-refractivity contribution in [1.29, 1.82) is 0 Å². The highest BCUT2D eigenvalue weighted by Gasteiger charge is 2.24. The Kier molecular flexibility index (Phi) is 8.22. The minimum absolute atomic E-state index is 0.00981. The van der Waals surface area contributed by atoms with E-state index in [0.717, 1.165) is 4.57 Å². The second-order valence-corrected chi connectivity index (χ2v) is 11.1. The van der Waals surface area contributed by atoms with E-state index >= 15 is 0 Å². The van der Waals surface area contributed by atoms with E-state index < -0.39 is 22.6 Å². The summed E-state index contributed by atoms with van der Waals surface area (Å²) in [5.74, 6) is -0.262. The van der Waals surface area contributed by atoms with Crippen LogP contribution in [0.1, 0.15) is 18.1 Å². The number of benzene rings is 3. The monoisotopic (exact) mass is 695 g/mol. The van der Waals surface area contributed by atoms with Gasteiger partial charge in [-0.15, -0.1) is 0 Å². The molecular formula is C31H27FIN5O5. The van der Waals surface area contributed by atoms with Crippen molar-refractivity contribution in [3.8, 4) is 11.4 Å². The van der Waals surface area contributed by atoms with Gasteiger partial charge in [0.25, 0.3) is 11.1 Å². The Morgan fingerprint density at radius 3 is 2.37 bits per heavy atom. The maximum atomic E-state index is 15.0. The van der Waals surface area contributed by atoms with Crippen LogP contribution in [0.25, 0.3) is 16.6 Å². The zero-order valence-corrected chi connectivity index (χ0v) is 25.9. The highest BCUT2D eigenvalue weighted by Crippen LogP contribution is 2.28. The zero-order chi connectivity index (χ0) is 31.0. The van der Waals surface area contributed by atoms with Crippen molar-refractivity contribution in [3.63, 3.8) is 0 Å². The predicted octanol–water partition coefficient (Wildman–Crippen LogP) is 4.66. The SMILES string of the molecule is COc1ccc(Cn2c(=O)c3c(Nc4ccc(I)cc4F)n(C)c(=O)c(C)c3n(-c3cccc(NC(C)=O)c3)c2=O)cc1. The fraction of sp³-hybridized carbons (Fsp3) is 0.161. The van der Waals surface area contributed by atoms with Gasteiger partial charge in [0.1, 0.15) is 22.8 Å². The van der Waals surface area contributed by atoms with Crippen LogP contribution in [0.5, 0.6) is 5.75 Å². The molecule has 0 unspecified atom stereocenters. The van der Waals surface area contributed by atoms with Gasteiger partial charge in [0, 0.05) is 28.8 Å². The van der Waals surface area contributed by atoms with Gasteiger partial charge in [-0.3, -0.25) is 28.1 Å². The van der Waals surface area contributed by atoms with Crippen LogP contribution in [-0.2, 0) is 18.4 Å². The third-order valence-corrected chi connectivity index (χ3v) is 7.67. The highest BCUT2D eigenvalue weighted by molar-refractivity contribution is 14.1. The summed E-state index contributed by atoms with van der Waals surface area (Å²) in [6, 6.07) is 18.0. The van der Waals surface area contributed by atoms with Crippen molar-refractivity contribution in [2.45, 2.75) is 20.4 Å². The predicted molar refractivity (Wildman–Crippen MR) is 173 cm³/mol. The number of carbonyl (C=O) groups is 1. The molecule has 0 aliphatic carbocycles. The molecule has 0 atom stereocenters. The zero-order valence-electron chi connectivity index (χ0n) is 23.7. The van der Waals surface area contributed by atoms with Gasteiger partial charge >= 0.3 is 5.69 Å². The molecule has 12 heteroatoms. The smallest absolute Gasteiger partial charge is 0.336 e. The van der Waals surface area contributed by atoms with E-state index in [1.807, 2.05) is 22.6 Å². The van der Waals surface area contributed by atoms with E-state index in [0.29, 0.717) is 26.3 Å². The van der Waals surface area contributed by atoms with Crippen molar-refractivity contribution in [3.05, 3.63) is 118 Å². The second-order valence-electron chi connectivity index (χ2n) is 9.90. The molecule has 220 valence electrons. The van der Waals surface area contributed by atoms with Crippen LogP contribution in [0.2, 0.25) is 0 Å². The molecule has 0 saturated carbocycles. The molecule has 43 heavy (non-hydrogen) atoms. The van der Waals surface area contributed by atoms with Crippen LogP contribution in [-0.4, -0.2) is 26.7 Å². The number of ether oxygens (including phenoxy) is 1. The van der Waals surface area contributed by atoms with Crippen LogP contribution < -0.4 is 32.2 Å². The molecule has 0 bridgehead atoms. The number of hydrogen-bond acceptors (Lipinski definition) is 6. The van der Waals surface area contributed by atoms with E-state index in [1.165, 1.54) is 49.3 Å². The number of anilines is 3. The minimum Gasteiger partial charge on any atom is -0.497 e. The molecule has 0 aliphatic heterocycles. The molecule has 0 spiro atoms. The highest BCUT2D eigenvalue weighted by atomic mass is 127. The summed E-state index contributed by atoms with van der Waals surface area (Å²) in [6.45, 7) is 2.79. The van der Waals surface area contributed by atoms with Gasteiger partial charge in [-0.05, 0) is 83.6 Å². The first kappa shape index (κ1) is 29.8. The third-order valence-electron chi connectivity index (χ3n) is 7.00. The van der Waals surface area contributed by atoms with E-state index in [2.05, 4.69) is 10.6 Å². The fourth-order valence-electron chi connectivity index (χ4n) is 4.93. The Hall–Kier alpha value is -4.72. The molecule has 5 rings (SSSR count). The summed E-state index contributed by atoms with van der Waals surface area (Å²) in [5.41, 5.74) is -0.220. The summed E-state index contributed by atoms with van der Waals surface area (Å²) in [7, 11) is 3.01. The standard InChI is InChI=1S/C31H27FIN5O5/c1-17-27-26(28(36(3)29(17)40)35-25-13-10-20(33)14-24(25)32)30(41)37(16-19-8-11-23(43-4)12-9-19)31(42)38(27)22-7-5-6-21(15-22)34-18(2)39/h5-15,35H,16H2,1-4H3,(H,34,39). The van der Waals surface area contributed by atoms with E-state index in [9.17, 15) is 23.6 Å². The first-order valence-corrected chi connectivity index (χ1v) is 14.2. The van der Waals surface area contributed by atoms with Crippen LogP contribution in [0, 0.1) is 16.3 Å². The Balaban J connectivity index is 1.89. The molecule has 2 heterocycles. The molecule has 0 saturated heterocycles. The third kappa shape index (κ3) is 5.69. The van der Waals surface area contributed by atoms with Gasteiger partial charge in [0.05, 0.1) is 30.5 Å². The van der Waals surface area contributed by atoms with Crippen molar-refractivity contribution >= 4 is 56.6 Å². The summed E-state index contributed by atoms with van der Waals surface area (Å²) in [5, 5.41) is 5.65. The number of hydrogen-bond donors (Lipinski definition) is 2.